The summed E-state index contributed by atoms with van der Waals surface area (Å²) in [6, 6.07) is 6.07. The van der Waals surface area contributed by atoms with E-state index >= 15 is 0 Å². The monoisotopic (exact) mass is 513 g/mol. The number of amides is 2. The maximum Gasteiger partial charge on any atom is 0.490 e. The molecule has 2 amide bonds. The van der Waals surface area contributed by atoms with E-state index in [-0.39, 0.29) is 18.4 Å². The Morgan fingerprint density at radius 2 is 1.81 bits per heavy atom. The Morgan fingerprint density at radius 3 is 2.31 bits per heavy atom. The van der Waals surface area contributed by atoms with E-state index in [0.717, 1.165) is 50.8 Å². The molecule has 200 valence electrons. The van der Waals surface area contributed by atoms with Crippen LogP contribution < -0.4 is 5.73 Å². The van der Waals surface area contributed by atoms with Gasteiger partial charge in [0.05, 0.1) is 13.2 Å². The fourth-order valence-corrected chi connectivity index (χ4v) is 4.42. The van der Waals surface area contributed by atoms with E-state index in [4.69, 9.17) is 20.7 Å². The lowest BCUT2D eigenvalue weighted by Gasteiger charge is -2.33. The number of aliphatic carboxylic acids is 1. The summed E-state index contributed by atoms with van der Waals surface area (Å²) in [6.45, 7) is 2.40. The van der Waals surface area contributed by atoms with Crippen molar-refractivity contribution in [1.82, 2.24) is 9.80 Å². The SMILES string of the molecule is CN(CCO)CC(=O)N1CCC(c2ccc(C(N)=O)c(C3=CCCCC3)c2)CC1.O=C(O)C(F)(F)F. The number of halogens is 3. The van der Waals surface area contributed by atoms with Crippen molar-refractivity contribution in [2.45, 2.75) is 50.6 Å². The third kappa shape index (κ3) is 8.63. The zero-order valence-corrected chi connectivity index (χ0v) is 20.4. The highest BCUT2D eigenvalue weighted by atomic mass is 19.4. The van der Waals surface area contributed by atoms with Crippen molar-refractivity contribution in [3.8, 4) is 0 Å². The average molecular weight is 514 g/mol. The Balaban J connectivity index is 0.000000572. The lowest BCUT2D eigenvalue weighted by atomic mass is 9.84. The van der Waals surface area contributed by atoms with Gasteiger partial charge in [-0.15, -0.1) is 0 Å². The molecule has 0 spiro atoms. The van der Waals surface area contributed by atoms with Gasteiger partial charge in [-0.3, -0.25) is 14.5 Å². The second kappa shape index (κ2) is 13.4. The summed E-state index contributed by atoms with van der Waals surface area (Å²) >= 11 is 0. The number of nitrogens with zero attached hydrogens (tertiary/aromatic N) is 2. The largest absolute Gasteiger partial charge is 0.490 e. The molecule has 1 aromatic rings. The highest BCUT2D eigenvalue weighted by molar-refractivity contribution is 5.98. The Morgan fingerprint density at radius 1 is 1.17 bits per heavy atom. The number of aliphatic hydroxyl groups excluding tert-OH is 1. The average Bonchev–Trinajstić information content (AvgIpc) is 2.84. The zero-order chi connectivity index (χ0) is 26.9. The van der Waals surface area contributed by atoms with Crippen molar-refractivity contribution in [1.29, 1.82) is 0 Å². The topological polar surface area (TPSA) is 124 Å². The lowest BCUT2D eigenvalue weighted by molar-refractivity contribution is -0.192. The van der Waals surface area contributed by atoms with Gasteiger partial charge in [0.2, 0.25) is 11.8 Å². The van der Waals surface area contributed by atoms with Gasteiger partial charge in [-0.05, 0) is 74.3 Å². The van der Waals surface area contributed by atoms with Crippen LogP contribution in [0.1, 0.15) is 65.9 Å². The van der Waals surface area contributed by atoms with Gasteiger partial charge in [-0.1, -0.05) is 18.2 Å². The molecule has 2 aliphatic rings. The summed E-state index contributed by atoms with van der Waals surface area (Å²) in [4.78, 5) is 37.1. The van der Waals surface area contributed by atoms with E-state index in [2.05, 4.69) is 12.1 Å². The van der Waals surface area contributed by atoms with Crippen molar-refractivity contribution in [3.63, 3.8) is 0 Å². The molecular weight excluding hydrogens is 479 g/mol. The second-order valence-corrected chi connectivity index (χ2v) is 9.06. The number of piperidine rings is 1. The number of rotatable bonds is 7. The number of primary amides is 1. The van der Waals surface area contributed by atoms with E-state index < -0.39 is 12.1 Å². The van der Waals surface area contributed by atoms with E-state index in [1.807, 2.05) is 29.0 Å². The maximum atomic E-state index is 12.5. The van der Waals surface area contributed by atoms with E-state index in [0.29, 0.717) is 24.6 Å². The van der Waals surface area contributed by atoms with Gasteiger partial charge < -0.3 is 20.8 Å². The van der Waals surface area contributed by atoms with E-state index in [1.54, 1.807) is 0 Å². The fourth-order valence-electron chi connectivity index (χ4n) is 4.42. The molecule has 3 rings (SSSR count). The van der Waals surface area contributed by atoms with Gasteiger partial charge in [0, 0.05) is 25.2 Å². The molecule has 0 unspecified atom stereocenters. The zero-order valence-electron chi connectivity index (χ0n) is 20.4. The second-order valence-electron chi connectivity index (χ2n) is 9.06. The number of likely N-dealkylation sites (tertiary alicyclic amines) is 1. The van der Waals surface area contributed by atoms with Gasteiger partial charge >= 0.3 is 12.1 Å². The minimum atomic E-state index is -5.08. The number of allylic oxidation sites excluding steroid dienone is 2. The number of benzene rings is 1. The predicted molar refractivity (Wildman–Crippen MR) is 128 cm³/mol. The third-order valence-corrected chi connectivity index (χ3v) is 6.39. The number of likely N-dealkylation sites (N-methyl/N-ethyl adjacent to an activating group) is 1. The Hall–Kier alpha value is -2.92. The van der Waals surface area contributed by atoms with Crippen LogP contribution in [0.25, 0.3) is 5.57 Å². The Bertz CT molecular complexity index is 957. The summed E-state index contributed by atoms with van der Waals surface area (Å²) in [7, 11) is 1.85. The first kappa shape index (κ1) is 29.3. The lowest BCUT2D eigenvalue weighted by Crippen LogP contribution is -2.43. The van der Waals surface area contributed by atoms with Gasteiger partial charge in [-0.2, -0.15) is 13.2 Å². The summed E-state index contributed by atoms with van der Waals surface area (Å²) in [5.41, 5.74) is 9.72. The van der Waals surface area contributed by atoms with Crippen molar-refractivity contribution < 1.29 is 37.8 Å². The molecule has 1 aliphatic heterocycles. The molecule has 11 heteroatoms. The van der Waals surface area contributed by atoms with E-state index in [1.165, 1.54) is 17.6 Å². The van der Waals surface area contributed by atoms with Crippen LogP contribution in [0.2, 0.25) is 0 Å². The normalized spacial score (nSPS) is 16.7. The van der Waals surface area contributed by atoms with Crippen LogP contribution in [-0.2, 0) is 9.59 Å². The smallest absolute Gasteiger partial charge is 0.475 e. The predicted octanol–water partition coefficient (Wildman–Crippen LogP) is 3.01. The van der Waals surface area contributed by atoms with Crippen LogP contribution in [0.3, 0.4) is 0 Å². The summed E-state index contributed by atoms with van der Waals surface area (Å²) in [6.07, 6.45) is 3.42. The number of carbonyl (C=O) groups is 3. The van der Waals surface area contributed by atoms with Crippen molar-refractivity contribution >= 4 is 23.4 Å². The quantitative estimate of drug-likeness (QED) is 0.515. The summed E-state index contributed by atoms with van der Waals surface area (Å²) < 4.78 is 31.7. The standard InChI is InChI=1S/C23H33N3O3.C2HF3O2/c1-25(13-14-27)16-22(28)26-11-9-17(10-12-26)19-7-8-20(23(24)29)21(15-19)18-5-3-2-4-6-18;3-2(4,5)1(6)7/h5,7-8,15,17,27H,2-4,6,9-14,16H2,1H3,(H2,24,29);(H,6,7). The first-order valence-electron chi connectivity index (χ1n) is 11.9. The van der Waals surface area contributed by atoms with Crippen LogP contribution in [0, 0.1) is 0 Å². The first-order chi connectivity index (χ1) is 16.9. The Kier molecular flexibility index (Phi) is 10.9. The molecule has 4 N–H and O–H groups in total. The first-order valence-corrected chi connectivity index (χ1v) is 11.9. The van der Waals surface area contributed by atoms with Gasteiger partial charge in [0.1, 0.15) is 0 Å². The Labute approximate surface area is 208 Å². The number of hydrogen-bond donors (Lipinski definition) is 3. The molecule has 0 aromatic heterocycles. The van der Waals surface area contributed by atoms with Gasteiger partial charge in [-0.25, -0.2) is 4.79 Å². The number of carbonyl (C=O) groups excluding carboxylic acids is 2. The molecule has 1 aliphatic carbocycles. The molecular formula is C25H34F3N3O5. The molecule has 0 radical (unpaired) electrons. The molecule has 1 aromatic carbocycles. The molecule has 8 nitrogen and oxygen atoms in total. The molecule has 1 saturated heterocycles. The molecule has 0 bridgehead atoms. The van der Waals surface area contributed by atoms with Crippen molar-refractivity contribution in [2.24, 2.45) is 5.73 Å². The van der Waals surface area contributed by atoms with Crippen LogP contribution in [0.4, 0.5) is 13.2 Å². The van der Waals surface area contributed by atoms with Crippen molar-refractivity contribution in [2.75, 3.05) is 39.8 Å². The molecule has 0 saturated carbocycles. The van der Waals surface area contributed by atoms with Crippen LogP contribution in [0.15, 0.2) is 24.3 Å². The minimum absolute atomic E-state index is 0.0614. The highest BCUT2D eigenvalue weighted by Gasteiger charge is 2.38. The number of hydrogen-bond acceptors (Lipinski definition) is 5. The fraction of sp³-hybridized carbons (Fsp3) is 0.560. The maximum absolute atomic E-state index is 12.5. The third-order valence-electron chi connectivity index (χ3n) is 6.39. The number of carboxylic acids is 1. The van der Waals surface area contributed by atoms with E-state index in [9.17, 15) is 22.8 Å². The number of carboxylic acid groups (broad SMARTS) is 1. The minimum Gasteiger partial charge on any atom is -0.475 e. The molecule has 0 atom stereocenters. The number of alkyl halides is 3. The number of aliphatic hydroxyl groups is 1. The number of nitrogens with two attached hydrogens (primary N) is 1. The van der Waals surface area contributed by atoms with Gasteiger partial charge in [0.15, 0.2) is 0 Å². The molecule has 1 fully saturated rings. The van der Waals surface area contributed by atoms with Gasteiger partial charge in [0.25, 0.3) is 0 Å². The summed E-state index contributed by atoms with van der Waals surface area (Å²) in [5, 5.41) is 16.1. The molecule has 36 heavy (non-hydrogen) atoms. The van der Waals surface area contributed by atoms with Crippen LogP contribution in [-0.4, -0.2) is 83.8 Å². The summed E-state index contributed by atoms with van der Waals surface area (Å²) in [5.74, 6) is -2.62. The van der Waals surface area contributed by atoms with Crippen LogP contribution >= 0.6 is 0 Å². The van der Waals surface area contributed by atoms with Crippen molar-refractivity contribution in [3.05, 3.63) is 41.0 Å². The molecule has 1 heterocycles. The van der Waals surface area contributed by atoms with Crippen LogP contribution in [0.5, 0.6) is 0 Å². The highest BCUT2D eigenvalue weighted by Crippen LogP contribution is 2.34.